The summed E-state index contributed by atoms with van der Waals surface area (Å²) >= 11 is 0. The Morgan fingerprint density at radius 1 is 0.358 bits per heavy atom. The van der Waals surface area contributed by atoms with E-state index in [1.54, 1.807) is 0 Å². The molecule has 0 aromatic carbocycles. The number of carbonyl (C=O) groups is 4. The molecule has 0 saturated heterocycles. The molecule has 0 aliphatic rings. The summed E-state index contributed by atoms with van der Waals surface area (Å²) in [5.41, 5.74) is 0. The van der Waals surface area contributed by atoms with Gasteiger partial charge in [-0.25, -0.2) is 9.13 Å². The third-order valence-electron chi connectivity index (χ3n) is 14.6. The molecule has 6 atom stereocenters. The third kappa shape index (κ3) is 55.7. The zero-order valence-corrected chi connectivity index (χ0v) is 53.9. The molecular weight excluding hydrogens is 1080 g/mol. The van der Waals surface area contributed by atoms with E-state index >= 15 is 0 Å². The van der Waals surface area contributed by atoms with E-state index < -0.39 is 97.5 Å². The summed E-state index contributed by atoms with van der Waals surface area (Å²) in [6, 6.07) is 0. The van der Waals surface area contributed by atoms with Crippen molar-refractivity contribution in [2.75, 3.05) is 39.6 Å². The number of hydrogen-bond donors (Lipinski definition) is 3. The lowest BCUT2D eigenvalue weighted by Crippen LogP contribution is -2.30. The summed E-state index contributed by atoms with van der Waals surface area (Å²) in [4.78, 5) is 72.0. The van der Waals surface area contributed by atoms with Crippen molar-refractivity contribution in [3.8, 4) is 0 Å². The first kappa shape index (κ1) is 79.1. The minimum Gasteiger partial charge on any atom is -0.462 e. The summed E-state index contributed by atoms with van der Waals surface area (Å²) in [6.07, 6.45) is 36.4. The molecule has 3 N–H and O–H groups in total. The molecule has 480 valence electrons. The Morgan fingerprint density at radius 3 is 0.938 bits per heavy atom. The fourth-order valence-electron chi connectivity index (χ4n) is 9.15. The lowest BCUT2D eigenvalue weighted by atomic mass is 10.00. The standard InChI is InChI=1S/C62H120O17P2/c1-7-10-12-14-16-18-19-20-21-22-23-25-34-40-46-61(66)78-57(51-73-60(65)45-39-33-29-27-31-37-43-55(6)9-3)52-76-80(68,69)74-48-56(63)49-75-81(70,71)77-53-58(50-72-59(64)44-38-32-24-17-15-13-11-8-2)79-62(67)47-41-35-28-26-30-36-42-54(4)5/h54-58,63H,7-53H2,1-6H3,(H,68,69)(H,70,71)/t55?,56-,57-,58-/m1/s1. The summed E-state index contributed by atoms with van der Waals surface area (Å²) in [6.45, 7) is 9.32. The Bertz CT molecular complexity index is 1600. The van der Waals surface area contributed by atoms with Crippen LogP contribution in [0.1, 0.15) is 305 Å². The molecule has 0 bridgehead atoms. The maximum absolute atomic E-state index is 13.0. The van der Waals surface area contributed by atoms with Crippen molar-refractivity contribution in [2.45, 2.75) is 323 Å². The topological polar surface area (TPSA) is 237 Å². The molecule has 0 fully saturated rings. The van der Waals surface area contributed by atoms with Crippen LogP contribution in [-0.4, -0.2) is 96.7 Å². The van der Waals surface area contributed by atoms with E-state index in [0.717, 1.165) is 109 Å². The third-order valence-corrected chi connectivity index (χ3v) is 16.5. The minimum atomic E-state index is -4.94. The number of hydrogen-bond acceptors (Lipinski definition) is 15. The molecular formula is C62H120O17P2. The Kier molecular flexibility index (Phi) is 53.4. The van der Waals surface area contributed by atoms with Crippen molar-refractivity contribution >= 4 is 39.5 Å². The molecule has 0 amide bonds. The lowest BCUT2D eigenvalue weighted by molar-refractivity contribution is -0.161. The maximum Gasteiger partial charge on any atom is 0.472 e. The van der Waals surface area contributed by atoms with Crippen molar-refractivity contribution < 1.29 is 80.2 Å². The average molecular weight is 1200 g/mol. The summed E-state index contributed by atoms with van der Waals surface area (Å²) in [5, 5.41) is 10.5. The molecule has 0 radical (unpaired) electrons. The molecule has 0 saturated carbocycles. The van der Waals surface area contributed by atoms with Gasteiger partial charge < -0.3 is 33.8 Å². The van der Waals surface area contributed by atoms with E-state index in [0.29, 0.717) is 31.6 Å². The van der Waals surface area contributed by atoms with Gasteiger partial charge in [0.25, 0.3) is 0 Å². The van der Waals surface area contributed by atoms with Crippen LogP contribution >= 0.6 is 15.6 Å². The van der Waals surface area contributed by atoms with Gasteiger partial charge >= 0.3 is 39.5 Å². The number of esters is 4. The van der Waals surface area contributed by atoms with Crippen molar-refractivity contribution in [3.05, 3.63) is 0 Å². The molecule has 0 aliphatic carbocycles. The van der Waals surface area contributed by atoms with E-state index in [1.165, 1.54) is 109 Å². The van der Waals surface area contributed by atoms with E-state index in [9.17, 15) is 43.2 Å². The van der Waals surface area contributed by atoms with Crippen molar-refractivity contribution in [1.29, 1.82) is 0 Å². The van der Waals surface area contributed by atoms with Crippen LogP contribution in [0.25, 0.3) is 0 Å². The molecule has 19 heteroatoms. The quantitative estimate of drug-likeness (QED) is 0.0222. The maximum atomic E-state index is 13.0. The van der Waals surface area contributed by atoms with Crippen molar-refractivity contribution in [3.63, 3.8) is 0 Å². The van der Waals surface area contributed by atoms with Crippen LogP contribution in [0.5, 0.6) is 0 Å². The first-order chi connectivity index (χ1) is 38.9. The van der Waals surface area contributed by atoms with Crippen LogP contribution in [0.3, 0.4) is 0 Å². The SMILES string of the molecule is CCCCCCCCCCCCCCCCC(=O)O[C@H](COC(=O)CCCCCCCCC(C)CC)COP(=O)(O)OC[C@@H](O)COP(=O)(O)OC[C@@H](COC(=O)CCCCCCCCCC)OC(=O)CCCCCCCCC(C)C. The Balaban J connectivity index is 5.22. The number of ether oxygens (including phenoxy) is 4. The molecule has 3 unspecified atom stereocenters. The van der Waals surface area contributed by atoms with Gasteiger partial charge in [0.15, 0.2) is 12.2 Å². The first-order valence-electron chi connectivity index (χ1n) is 32.5. The minimum absolute atomic E-state index is 0.102. The number of phosphoric ester groups is 2. The molecule has 0 rings (SSSR count). The molecule has 0 aromatic rings. The first-order valence-corrected chi connectivity index (χ1v) is 35.5. The van der Waals surface area contributed by atoms with Gasteiger partial charge in [0.05, 0.1) is 26.4 Å². The predicted octanol–water partition coefficient (Wildman–Crippen LogP) is 16.9. The largest absolute Gasteiger partial charge is 0.472 e. The van der Waals surface area contributed by atoms with Gasteiger partial charge in [0.1, 0.15) is 19.3 Å². The molecule has 0 spiro atoms. The van der Waals surface area contributed by atoms with Crippen LogP contribution in [0.4, 0.5) is 0 Å². The zero-order valence-electron chi connectivity index (χ0n) is 52.1. The molecule has 0 aromatic heterocycles. The van der Waals surface area contributed by atoms with Gasteiger partial charge in [-0.15, -0.1) is 0 Å². The van der Waals surface area contributed by atoms with Crippen LogP contribution in [0.2, 0.25) is 0 Å². The second kappa shape index (κ2) is 54.7. The lowest BCUT2D eigenvalue weighted by Gasteiger charge is -2.21. The fourth-order valence-corrected chi connectivity index (χ4v) is 10.7. The number of aliphatic hydroxyl groups excluding tert-OH is 1. The second-order valence-electron chi connectivity index (χ2n) is 23.2. The van der Waals surface area contributed by atoms with E-state index in [1.807, 2.05) is 0 Å². The van der Waals surface area contributed by atoms with Crippen LogP contribution in [0.15, 0.2) is 0 Å². The number of rotatable bonds is 61. The normalized spacial score (nSPS) is 14.7. The Morgan fingerprint density at radius 2 is 0.630 bits per heavy atom. The number of carbonyl (C=O) groups excluding carboxylic acids is 4. The molecule has 0 heterocycles. The highest BCUT2D eigenvalue weighted by molar-refractivity contribution is 7.47. The van der Waals surface area contributed by atoms with Crippen molar-refractivity contribution in [2.24, 2.45) is 11.8 Å². The predicted molar refractivity (Wildman–Crippen MR) is 321 cm³/mol. The van der Waals surface area contributed by atoms with Crippen LogP contribution in [0, 0.1) is 11.8 Å². The summed E-state index contributed by atoms with van der Waals surface area (Å²) in [5.74, 6) is -0.742. The van der Waals surface area contributed by atoms with Crippen LogP contribution < -0.4 is 0 Å². The fraction of sp³-hybridized carbons (Fsp3) is 0.935. The Labute approximate surface area is 492 Å². The number of phosphoric acid groups is 2. The molecule has 0 aliphatic heterocycles. The second-order valence-corrected chi connectivity index (χ2v) is 26.1. The average Bonchev–Trinajstić information content (AvgIpc) is 3.43. The van der Waals surface area contributed by atoms with Gasteiger partial charge in [-0.05, 0) is 37.5 Å². The highest BCUT2D eigenvalue weighted by atomic mass is 31.2. The van der Waals surface area contributed by atoms with Crippen molar-refractivity contribution in [1.82, 2.24) is 0 Å². The molecule has 17 nitrogen and oxygen atoms in total. The highest BCUT2D eigenvalue weighted by Gasteiger charge is 2.30. The van der Waals surface area contributed by atoms with Gasteiger partial charge in [-0.2, -0.15) is 0 Å². The highest BCUT2D eigenvalue weighted by Crippen LogP contribution is 2.45. The smallest absolute Gasteiger partial charge is 0.462 e. The van der Waals surface area contributed by atoms with Gasteiger partial charge in [0, 0.05) is 25.7 Å². The number of unbranched alkanes of at least 4 members (excludes halogenated alkanes) is 30. The zero-order chi connectivity index (χ0) is 60.1. The monoisotopic (exact) mass is 1200 g/mol. The van der Waals surface area contributed by atoms with E-state index in [-0.39, 0.29) is 25.7 Å². The van der Waals surface area contributed by atoms with Gasteiger partial charge in [0.2, 0.25) is 0 Å². The van der Waals surface area contributed by atoms with Gasteiger partial charge in [-0.3, -0.25) is 37.3 Å². The van der Waals surface area contributed by atoms with E-state index in [2.05, 4.69) is 41.5 Å². The van der Waals surface area contributed by atoms with Crippen LogP contribution in [-0.2, 0) is 65.4 Å². The van der Waals surface area contributed by atoms with Gasteiger partial charge in [-0.1, -0.05) is 253 Å². The number of aliphatic hydroxyl groups is 1. The Hall–Kier alpha value is -1.94. The summed E-state index contributed by atoms with van der Waals surface area (Å²) < 4.78 is 67.8. The van der Waals surface area contributed by atoms with E-state index in [4.69, 9.17) is 37.0 Å². The molecule has 81 heavy (non-hydrogen) atoms. The summed E-state index contributed by atoms with van der Waals surface area (Å²) in [7, 11) is -9.88.